The van der Waals surface area contributed by atoms with Crippen LogP contribution in [-0.2, 0) is 0 Å². The molecule has 0 N–H and O–H groups in total. The van der Waals surface area contributed by atoms with Gasteiger partial charge in [-0.05, 0) is 89.7 Å². The van der Waals surface area contributed by atoms with Crippen LogP contribution in [0, 0.1) is 25.2 Å². The average Bonchev–Trinajstić information content (AvgIpc) is 3.11. The summed E-state index contributed by atoms with van der Waals surface area (Å²) >= 11 is 0. The first kappa shape index (κ1) is 28.6. The molecular weight excluding hydrogens is 558 g/mol. The average molecular weight is 590 g/mol. The number of rotatable bonds is 6. The molecule has 0 bridgehead atoms. The Morgan fingerprint density at radius 2 is 0.848 bits per heavy atom. The van der Waals surface area contributed by atoms with Gasteiger partial charge in [0.25, 0.3) is 0 Å². The molecule has 5 aromatic carbocycles. The molecule has 0 saturated heterocycles. The quantitative estimate of drug-likeness (QED) is 0.194. The summed E-state index contributed by atoms with van der Waals surface area (Å²) in [5, 5.41) is 10.1. The molecule has 0 aliphatic carbocycles. The minimum Gasteiger partial charge on any atom is -0.256 e. The second kappa shape index (κ2) is 12.5. The zero-order chi connectivity index (χ0) is 31.5. The smallest absolute Gasteiger partial charge is 0.0992 e. The predicted octanol–water partition coefficient (Wildman–Crippen LogP) is 11.0. The number of pyridine rings is 2. The number of hydrogen-bond acceptors (Lipinski definition) is 3. The molecule has 7 rings (SSSR count). The minimum absolute atomic E-state index is 0.609. The van der Waals surface area contributed by atoms with Gasteiger partial charge in [-0.1, -0.05) is 108 Å². The highest BCUT2D eigenvalue weighted by molar-refractivity contribution is 5.89. The van der Waals surface area contributed by atoms with E-state index in [1.54, 1.807) is 0 Å². The highest BCUT2D eigenvalue weighted by Crippen LogP contribution is 2.38. The van der Waals surface area contributed by atoms with Crippen LogP contribution in [0.5, 0.6) is 0 Å². The molecule has 0 amide bonds. The third kappa shape index (κ3) is 5.85. The van der Waals surface area contributed by atoms with Gasteiger partial charge in [-0.25, -0.2) is 0 Å². The largest absolute Gasteiger partial charge is 0.256 e. The summed E-state index contributed by atoms with van der Waals surface area (Å²) in [4.78, 5) is 9.63. The van der Waals surface area contributed by atoms with Gasteiger partial charge in [0.05, 0.1) is 23.0 Å². The molecule has 0 radical (unpaired) electrons. The van der Waals surface area contributed by atoms with E-state index in [0.29, 0.717) is 5.56 Å². The number of nitrogens with zero attached hydrogens (tertiary/aromatic N) is 3. The maximum Gasteiger partial charge on any atom is 0.0992 e. The lowest BCUT2D eigenvalue weighted by atomic mass is 9.89. The van der Waals surface area contributed by atoms with E-state index in [1.807, 2.05) is 48.8 Å². The molecule has 0 fully saturated rings. The molecule has 3 nitrogen and oxygen atoms in total. The van der Waals surface area contributed by atoms with Crippen LogP contribution in [0.3, 0.4) is 0 Å². The van der Waals surface area contributed by atoms with Gasteiger partial charge in [-0.15, -0.1) is 0 Å². The van der Waals surface area contributed by atoms with E-state index >= 15 is 0 Å². The highest BCUT2D eigenvalue weighted by Gasteiger charge is 2.14. The van der Waals surface area contributed by atoms with Gasteiger partial charge in [0.15, 0.2) is 0 Å². The Labute approximate surface area is 270 Å². The molecule has 0 spiro atoms. The second-order valence-electron chi connectivity index (χ2n) is 11.6. The van der Waals surface area contributed by atoms with Crippen LogP contribution in [0.4, 0.5) is 0 Å². The van der Waals surface area contributed by atoms with Crippen molar-refractivity contribution in [1.82, 2.24) is 9.97 Å². The molecule has 0 aliphatic heterocycles. The van der Waals surface area contributed by atoms with Crippen molar-refractivity contribution in [2.75, 3.05) is 0 Å². The molecule has 0 unspecified atom stereocenters. The zero-order valence-corrected chi connectivity index (χ0v) is 25.8. The summed E-state index contributed by atoms with van der Waals surface area (Å²) in [5.41, 5.74) is 15.4. The maximum absolute atomic E-state index is 10.1. The number of hydrogen-bond donors (Lipinski definition) is 0. The van der Waals surface area contributed by atoms with E-state index in [4.69, 9.17) is 9.97 Å². The summed E-state index contributed by atoms with van der Waals surface area (Å²) in [7, 11) is 0. The van der Waals surface area contributed by atoms with Crippen molar-refractivity contribution in [2.45, 2.75) is 13.8 Å². The first-order valence-electron chi connectivity index (χ1n) is 15.4. The Morgan fingerprint density at radius 3 is 1.22 bits per heavy atom. The Balaban J connectivity index is 1.27. The lowest BCUT2D eigenvalue weighted by molar-refractivity contribution is 1.32. The van der Waals surface area contributed by atoms with Gasteiger partial charge in [0.2, 0.25) is 0 Å². The van der Waals surface area contributed by atoms with Crippen LogP contribution in [-0.4, -0.2) is 9.97 Å². The standard InChI is InChI=1S/C43H31N3/c1-29-9-7-11-32(21-29)42-19-17-34(27-45-42)38-13-3-5-15-40(38)36-23-31(26-44)24-37(25-36)41-16-6-4-14-39(41)35-18-20-43(46-28-35)33-12-8-10-30(2)22-33/h3-25,27-28H,1-2H3. The Bertz CT molecular complexity index is 2070. The van der Waals surface area contributed by atoms with Crippen LogP contribution >= 0.6 is 0 Å². The molecular formula is C43H31N3. The van der Waals surface area contributed by atoms with E-state index in [1.165, 1.54) is 11.1 Å². The van der Waals surface area contributed by atoms with E-state index < -0.39 is 0 Å². The van der Waals surface area contributed by atoms with Gasteiger partial charge in [0.1, 0.15) is 0 Å². The fraction of sp³-hybridized carbons (Fsp3) is 0.0465. The van der Waals surface area contributed by atoms with Gasteiger partial charge in [-0.3, -0.25) is 9.97 Å². The summed E-state index contributed by atoms with van der Waals surface area (Å²) in [5.74, 6) is 0. The predicted molar refractivity (Wildman–Crippen MR) is 189 cm³/mol. The van der Waals surface area contributed by atoms with E-state index in [-0.39, 0.29) is 0 Å². The molecule has 0 saturated carbocycles. The first-order valence-corrected chi connectivity index (χ1v) is 15.4. The fourth-order valence-electron chi connectivity index (χ4n) is 6.03. The van der Waals surface area contributed by atoms with Crippen LogP contribution in [0.1, 0.15) is 16.7 Å². The molecule has 0 aliphatic rings. The lowest BCUT2D eigenvalue weighted by Gasteiger charge is -2.15. The number of aryl methyl sites for hydroxylation is 2. The third-order valence-electron chi connectivity index (χ3n) is 8.31. The summed E-state index contributed by atoms with van der Waals surface area (Å²) < 4.78 is 0. The normalized spacial score (nSPS) is 10.8. The SMILES string of the molecule is Cc1cccc(-c2ccc(-c3ccccc3-c3cc(C#N)cc(-c4ccccc4-c4ccc(-c5cccc(C)c5)nc4)c3)cn2)c1. The third-order valence-corrected chi connectivity index (χ3v) is 8.31. The van der Waals surface area contributed by atoms with Crippen molar-refractivity contribution in [3.05, 3.63) is 169 Å². The molecule has 0 atom stereocenters. The maximum atomic E-state index is 10.1. The summed E-state index contributed by atoms with van der Waals surface area (Å²) in [6.07, 6.45) is 3.88. The van der Waals surface area contributed by atoms with Crippen LogP contribution in [0.15, 0.2) is 152 Å². The van der Waals surface area contributed by atoms with Crippen molar-refractivity contribution in [1.29, 1.82) is 5.26 Å². The van der Waals surface area contributed by atoms with Gasteiger partial charge in [0, 0.05) is 34.6 Å². The fourth-order valence-corrected chi connectivity index (χ4v) is 6.03. The Morgan fingerprint density at radius 1 is 0.413 bits per heavy atom. The van der Waals surface area contributed by atoms with Crippen LogP contribution < -0.4 is 0 Å². The second-order valence-corrected chi connectivity index (χ2v) is 11.6. The Kier molecular flexibility index (Phi) is 7.77. The topological polar surface area (TPSA) is 49.6 Å². The number of benzene rings is 5. The van der Waals surface area contributed by atoms with Crippen molar-refractivity contribution >= 4 is 0 Å². The monoisotopic (exact) mass is 589 g/mol. The van der Waals surface area contributed by atoms with Crippen molar-refractivity contribution in [2.24, 2.45) is 0 Å². The first-order chi connectivity index (χ1) is 22.6. The molecule has 218 valence electrons. The van der Waals surface area contributed by atoms with E-state index in [2.05, 4.69) is 123 Å². The van der Waals surface area contributed by atoms with Crippen LogP contribution in [0.2, 0.25) is 0 Å². The van der Waals surface area contributed by atoms with Gasteiger partial charge >= 0.3 is 0 Å². The molecule has 3 heteroatoms. The lowest BCUT2D eigenvalue weighted by Crippen LogP contribution is -1.92. The number of nitriles is 1. The molecule has 46 heavy (non-hydrogen) atoms. The summed E-state index contributed by atoms with van der Waals surface area (Å²) in [6.45, 7) is 4.19. The van der Waals surface area contributed by atoms with Crippen molar-refractivity contribution < 1.29 is 0 Å². The van der Waals surface area contributed by atoms with Gasteiger partial charge in [-0.2, -0.15) is 5.26 Å². The van der Waals surface area contributed by atoms with Crippen molar-refractivity contribution in [3.63, 3.8) is 0 Å². The van der Waals surface area contributed by atoms with E-state index in [9.17, 15) is 5.26 Å². The zero-order valence-electron chi connectivity index (χ0n) is 25.8. The van der Waals surface area contributed by atoms with Crippen molar-refractivity contribution in [3.8, 4) is 73.1 Å². The van der Waals surface area contributed by atoms with E-state index in [0.717, 1.165) is 67.0 Å². The minimum atomic E-state index is 0.609. The molecule has 2 aromatic heterocycles. The van der Waals surface area contributed by atoms with Gasteiger partial charge < -0.3 is 0 Å². The highest BCUT2D eigenvalue weighted by atomic mass is 14.7. The molecule has 2 heterocycles. The molecule has 7 aromatic rings. The van der Waals surface area contributed by atoms with Crippen LogP contribution in [0.25, 0.3) is 67.0 Å². The Hall–Kier alpha value is -6.11. The number of aromatic nitrogens is 2. The summed E-state index contributed by atoms with van der Waals surface area (Å²) in [6, 6.07) is 50.4.